The van der Waals surface area contributed by atoms with Gasteiger partial charge in [0.1, 0.15) is 23.2 Å². The van der Waals surface area contributed by atoms with Gasteiger partial charge in [-0.2, -0.15) is 5.26 Å². The number of imidazole rings is 1. The number of aromatic nitrogens is 2. The summed E-state index contributed by atoms with van der Waals surface area (Å²) in [5.74, 6) is 0.708. The number of pyridine rings is 1. The fraction of sp³-hybridized carbons (Fsp3) is 0.125. The molecule has 3 rings (SSSR count). The van der Waals surface area contributed by atoms with Crippen molar-refractivity contribution in [3.05, 3.63) is 52.3 Å². The summed E-state index contributed by atoms with van der Waals surface area (Å²) in [4.78, 5) is 4.58. The van der Waals surface area contributed by atoms with Crippen LogP contribution < -0.4 is 4.74 Å². The van der Waals surface area contributed by atoms with Gasteiger partial charge in [-0.15, -0.1) is 0 Å². The first kappa shape index (κ1) is 13.7. The Morgan fingerprint density at radius 2 is 2.10 bits per heavy atom. The minimum absolute atomic E-state index is 0.496. The first-order valence-corrected chi connectivity index (χ1v) is 7.16. The lowest BCUT2D eigenvalue weighted by Crippen LogP contribution is -1.92. The number of benzene rings is 1. The Balaban J connectivity index is 2.35. The normalized spacial score (nSPS) is 10.6. The number of fused-ring (bicyclic) bond motifs is 1. The van der Waals surface area contributed by atoms with E-state index in [9.17, 15) is 5.26 Å². The fourth-order valence-electron chi connectivity index (χ4n) is 2.32. The van der Waals surface area contributed by atoms with E-state index in [0.29, 0.717) is 17.1 Å². The van der Waals surface area contributed by atoms with Crippen molar-refractivity contribution in [3.8, 4) is 23.1 Å². The van der Waals surface area contributed by atoms with Gasteiger partial charge < -0.3 is 4.74 Å². The second kappa shape index (κ2) is 5.23. The predicted octanol–water partition coefficient (Wildman–Crippen LogP) is 3.95. The van der Waals surface area contributed by atoms with Gasteiger partial charge in [-0.1, -0.05) is 11.6 Å². The molecule has 0 N–H and O–H groups in total. The summed E-state index contributed by atoms with van der Waals surface area (Å²) in [6.07, 6.45) is 1.84. The first-order chi connectivity index (χ1) is 10.1. The van der Waals surface area contributed by atoms with Gasteiger partial charge in [0.2, 0.25) is 0 Å². The molecule has 0 aliphatic carbocycles. The molecule has 0 bridgehead atoms. The third kappa shape index (κ3) is 2.28. The number of hydrogen-bond acceptors (Lipinski definition) is 3. The standard InChI is InChI=1S/C16H12BrN3O/c1-10-3-5-14(21-2)12(7-10)16-13(8-18)20-9-11(17)4-6-15(20)19-16/h3-7,9H,1-2H3. The summed E-state index contributed by atoms with van der Waals surface area (Å²) in [5.41, 5.74) is 3.78. The average molecular weight is 342 g/mol. The highest BCUT2D eigenvalue weighted by Crippen LogP contribution is 2.33. The molecular formula is C16H12BrN3O. The number of halogens is 1. The van der Waals surface area contributed by atoms with Crippen LogP contribution in [0, 0.1) is 18.3 Å². The quantitative estimate of drug-likeness (QED) is 0.708. The molecule has 0 fully saturated rings. The number of nitrogens with zero attached hydrogens (tertiary/aromatic N) is 3. The molecule has 0 amide bonds. The molecule has 0 saturated heterocycles. The fourth-order valence-corrected chi connectivity index (χ4v) is 2.66. The van der Waals surface area contributed by atoms with Crippen molar-refractivity contribution in [1.82, 2.24) is 9.38 Å². The van der Waals surface area contributed by atoms with Gasteiger partial charge in [-0.25, -0.2) is 4.98 Å². The van der Waals surface area contributed by atoms with E-state index >= 15 is 0 Å². The Bertz CT molecular complexity index is 877. The first-order valence-electron chi connectivity index (χ1n) is 6.36. The average Bonchev–Trinajstić information content (AvgIpc) is 2.84. The third-order valence-electron chi connectivity index (χ3n) is 3.30. The summed E-state index contributed by atoms with van der Waals surface area (Å²) in [6, 6.07) is 11.9. The summed E-state index contributed by atoms with van der Waals surface area (Å²) >= 11 is 3.42. The van der Waals surface area contributed by atoms with Crippen molar-refractivity contribution >= 4 is 21.6 Å². The molecule has 5 heteroatoms. The van der Waals surface area contributed by atoms with Gasteiger partial charge in [0.15, 0.2) is 5.69 Å². The second-order valence-corrected chi connectivity index (χ2v) is 5.62. The van der Waals surface area contributed by atoms with E-state index in [2.05, 4.69) is 27.0 Å². The molecule has 0 aliphatic heterocycles. The van der Waals surface area contributed by atoms with Crippen molar-refractivity contribution in [2.45, 2.75) is 6.92 Å². The zero-order chi connectivity index (χ0) is 15.0. The van der Waals surface area contributed by atoms with Crippen molar-refractivity contribution in [1.29, 1.82) is 5.26 Å². The number of methoxy groups -OCH3 is 1. The molecule has 0 spiro atoms. The van der Waals surface area contributed by atoms with E-state index in [-0.39, 0.29) is 0 Å². The van der Waals surface area contributed by atoms with Gasteiger partial charge in [-0.3, -0.25) is 4.40 Å². The maximum Gasteiger partial charge on any atom is 0.152 e. The van der Waals surface area contributed by atoms with Crippen molar-refractivity contribution in [2.75, 3.05) is 7.11 Å². The second-order valence-electron chi connectivity index (χ2n) is 4.70. The van der Waals surface area contributed by atoms with Crippen molar-refractivity contribution < 1.29 is 4.74 Å². The summed E-state index contributed by atoms with van der Waals surface area (Å²) in [6.45, 7) is 2.00. The Kier molecular flexibility index (Phi) is 3.40. The van der Waals surface area contributed by atoms with E-state index in [0.717, 1.165) is 21.2 Å². The highest BCUT2D eigenvalue weighted by molar-refractivity contribution is 9.10. The van der Waals surface area contributed by atoms with Crippen LogP contribution in [0.15, 0.2) is 41.0 Å². The number of aryl methyl sites for hydroxylation is 1. The lowest BCUT2D eigenvalue weighted by atomic mass is 10.1. The number of rotatable bonds is 2. The molecule has 3 aromatic rings. The smallest absolute Gasteiger partial charge is 0.152 e. The number of hydrogen-bond donors (Lipinski definition) is 0. The highest BCUT2D eigenvalue weighted by Gasteiger charge is 2.17. The summed E-state index contributed by atoms with van der Waals surface area (Å²) in [7, 11) is 1.62. The molecule has 104 valence electrons. The molecule has 21 heavy (non-hydrogen) atoms. The Morgan fingerprint density at radius 1 is 1.29 bits per heavy atom. The molecule has 0 saturated carbocycles. The third-order valence-corrected chi connectivity index (χ3v) is 3.77. The SMILES string of the molecule is COc1ccc(C)cc1-c1nc2ccc(Br)cn2c1C#N. The Morgan fingerprint density at radius 3 is 2.81 bits per heavy atom. The van der Waals surface area contributed by atoms with Crippen LogP contribution in [-0.4, -0.2) is 16.5 Å². The predicted molar refractivity (Wildman–Crippen MR) is 84.3 cm³/mol. The lowest BCUT2D eigenvalue weighted by molar-refractivity contribution is 0.416. The van der Waals surface area contributed by atoms with Crippen LogP contribution >= 0.6 is 15.9 Å². The van der Waals surface area contributed by atoms with Crippen LogP contribution in [-0.2, 0) is 0 Å². The minimum atomic E-state index is 0.496. The molecule has 4 nitrogen and oxygen atoms in total. The van der Waals surface area contributed by atoms with Crippen LogP contribution in [0.25, 0.3) is 16.9 Å². The molecule has 0 aliphatic rings. The van der Waals surface area contributed by atoms with E-state index in [4.69, 9.17) is 4.74 Å². The van der Waals surface area contributed by atoms with Gasteiger partial charge in [0, 0.05) is 16.2 Å². The van der Waals surface area contributed by atoms with Crippen molar-refractivity contribution in [2.24, 2.45) is 0 Å². The van der Waals surface area contributed by atoms with Crippen LogP contribution in [0.5, 0.6) is 5.75 Å². The van der Waals surface area contributed by atoms with Crippen LogP contribution in [0.3, 0.4) is 0 Å². The Hall–Kier alpha value is -2.32. The van der Waals surface area contributed by atoms with E-state index in [1.54, 1.807) is 11.5 Å². The van der Waals surface area contributed by atoms with Crippen LogP contribution in [0.2, 0.25) is 0 Å². The number of nitriles is 1. The van der Waals surface area contributed by atoms with E-state index in [1.807, 2.05) is 43.5 Å². The molecule has 0 atom stereocenters. The summed E-state index contributed by atoms with van der Waals surface area (Å²) in [5, 5.41) is 9.52. The highest BCUT2D eigenvalue weighted by atomic mass is 79.9. The molecule has 2 heterocycles. The topological polar surface area (TPSA) is 50.3 Å². The van der Waals surface area contributed by atoms with Gasteiger partial charge in [-0.05, 0) is 47.1 Å². The summed E-state index contributed by atoms with van der Waals surface area (Å²) < 4.78 is 8.08. The largest absolute Gasteiger partial charge is 0.496 e. The number of ether oxygens (including phenoxy) is 1. The van der Waals surface area contributed by atoms with Gasteiger partial charge in [0.25, 0.3) is 0 Å². The van der Waals surface area contributed by atoms with Crippen LogP contribution in [0.4, 0.5) is 0 Å². The lowest BCUT2D eigenvalue weighted by Gasteiger charge is -2.07. The molecular weight excluding hydrogens is 330 g/mol. The van der Waals surface area contributed by atoms with E-state index in [1.165, 1.54) is 0 Å². The van der Waals surface area contributed by atoms with Gasteiger partial charge >= 0.3 is 0 Å². The molecule has 2 aromatic heterocycles. The Labute approximate surface area is 130 Å². The maximum absolute atomic E-state index is 9.52. The molecule has 0 unspecified atom stereocenters. The zero-order valence-corrected chi connectivity index (χ0v) is 13.2. The zero-order valence-electron chi connectivity index (χ0n) is 11.6. The molecule has 0 radical (unpaired) electrons. The van der Waals surface area contributed by atoms with Gasteiger partial charge in [0.05, 0.1) is 7.11 Å². The van der Waals surface area contributed by atoms with Crippen LogP contribution in [0.1, 0.15) is 11.3 Å². The maximum atomic E-state index is 9.52. The minimum Gasteiger partial charge on any atom is -0.496 e. The monoisotopic (exact) mass is 341 g/mol. The van der Waals surface area contributed by atoms with E-state index < -0.39 is 0 Å². The van der Waals surface area contributed by atoms with Crippen molar-refractivity contribution in [3.63, 3.8) is 0 Å². The molecule has 1 aromatic carbocycles.